The average molecular weight is 455 g/mol. The van der Waals surface area contributed by atoms with Crippen LogP contribution >= 0.6 is 24.0 Å². The lowest BCUT2D eigenvalue weighted by Gasteiger charge is -2.18. The molecular formula is C22H15FN2O4S2. The van der Waals surface area contributed by atoms with Crippen LogP contribution in [0.15, 0.2) is 63.9 Å². The number of furan rings is 1. The normalized spacial score (nSPS) is 15.0. The summed E-state index contributed by atoms with van der Waals surface area (Å²) < 4.78 is 19.4. The molecular weight excluding hydrogens is 439 g/mol. The molecule has 3 aromatic rings. The number of thiocarbonyl (C=S) groups is 1. The first-order valence-corrected chi connectivity index (χ1v) is 10.3. The quantitative estimate of drug-likeness (QED) is 0.399. The van der Waals surface area contributed by atoms with E-state index in [2.05, 4.69) is 5.43 Å². The maximum atomic E-state index is 13.3. The van der Waals surface area contributed by atoms with Crippen molar-refractivity contribution in [3.05, 3.63) is 82.2 Å². The van der Waals surface area contributed by atoms with Gasteiger partial charge < -0.3 is 9.52 Å². The molecule has 0 bridgehead atoms. The number of hydrogen-bond acceptors (Lipinski definition) is 6. The van der Waals surface area contributed by atoms with Crippen molar-refractivity contribution in [2.75, 3.05) is 5.43 Å². The van der Waals surface area contributed by atoms with E-state index in [4.69, 9.17) is 16.6 Å². The zero-order valence-electron chi connectivity index (χ0n) is 16.1. The standard InChI is InChI=1S/C22H15FN2O4S2/c1-12-10-13(23)6-8-15(12)18-9-7-14(29-18)11-19-20(26)25(22(30)31-19)24-17-5-3-2-4-16(17)21(27)28/h2-11,24H,1H3,(H,27,28)/b19-11+. The fraction of sp³-hybridized carbons (Fsp3) is 0.0455. The fourth-order valence-electron chi connectivity index (χ4n) is 3.06. The molecule has 1 saturated heterocycles. The van der Waals surface area contributed by atoms with Crippen molar-refractivity contribution in [3.8, 4) is 11.3 Å². The molecule has 0 aliphatic carbocycles. The number of aromatic carboxylic acids is 1. The molecule has 1 aliphatic heterocycles. The highest BCUT2D eigenvalue weighted by atomic mass is 32.2. The predicted molar refractivity (Wildman–Crippen MR) is 121 cm³/mol. The third-order valence-corrected chi connectivity index (χ3v) is 5.84. The Balaban J connectivity index is 1.57. The maximum absolute atomic E-state index is 13.3. The number of nitrogens with one attached hydrogen (secondary N) is 1. The number of carbonyl (C=O) groups is 2. The van der Waals surface area contributed by atoms with Crippen molar-refractivity contribution >= 4 is 51.9 Å². The summed E-state index contributed by atoms with van der Waals surface area (Å²) in [4.78, 5) is 24.6. The molecule has 1 aromatic heterocycles. The number of anilines is 1. The summed E-state index contributed by atoms with van der Waals surface area (Å²) in [6.07, 6.45) is 1.56. The lowest BCUT2D eigenvalue weighted by atomic mass is 10.1. The van der Waals surface area contributed by atoms with Gasteiger partial charge in [-0.1, -0.05) is 23.9 Å². The zero-order valence-corrected chi connectivity index (χ0v) is 17.7. The molecule has 0 spiro atoms. The molecule has 0 radical (unpaired) electrons. The van der Waals surface area contributed by atoms with Gasteiger partial charge >= 0.3 is 5.97 Å². The van der Waals surface area contributed by atoms with Crippen LogP contribution in [0.2, 0.25) is 0 Å². The zero-order chi connectivity index (χ0) is 22.1. The maximum Gasteiger partial charge on any atom is 0.337 e. The highest BCUT2D eigenvalue weighted by Crippen LogP contribution is 2.34. The Kier molecular flexibility index (Phi) is 5.62. The molecule has 2 heterocycles. The number of rotatable bonds is 5. The van der Waals surface area contributed by atoms with Gasteiger partial charge in [-0.3, -0.25) is 10.2 Å². The largest absolute Gasteiger partial charge is 0.478 e. The van der Waals surface area contributed by atoms with Crippen LogP contribution in [0, 0.1) is 12.7 Å². The van der Waals surface area contributed by atoms with Gasteiger partial charge in [0.2, 0.25) is 0 Å². The van der Waals surface area contributed by atoms with E-state index in [0.29, 0.717) is 16.4 Å². The van der Waals surface area contributed by atoms with E-state index in [1.54, 1.807) is 49.4 Å². The number of carboxylic acids is 1. The monoisotopic (exact) mass is 454 g/mol. The number of para-hydroxylation sites is 1. The van der Waals surface area contributed by atoms with Crippen LogP contribution in [0.4, 0.5) is 10.1 Å². The van der Waals surface area contributed by atoms with Crippen molar-refractivity contribution in [1.29, 1.82) is 0 Å². The molecule has 31 heavy (non-hydrogen) atoms. The molecule has 156 valence electrons. The summed E-state index contributed by atoms with van der Waals surface area (Å²) >= 11 is 6.35. The molecule has 0 unspecified atom stereocenters. The van der Waals surface area contributed by atoms with Gasteiger partial charge in [0.1, 0.15) is 17.3 Å². The first kappa shape index (κ1) is 20.8. The number of hydrazine groups is 1. The molecule has 4 rings (SSSR count). The second-order valence-electron chi connectivity index (χ2n) is 6.64. The van der Waals surface area contributed by atoms with Crippen LogP contribution in [0.3, 0.4) is 0 Å². The number of halogens is 1. The Labute approximate surface area is 186 Å². The number of benzene rings is 2. The molecule has 9 heteroatoms. The number of nitrogens with zero attached hydrogens (tertiary/aromatic N) is 1. The molecule has 0 saturated carbocycles. The van der Waals surface area contributed by atoms with E-state index in [0.717, 1.165) is 27.9 Å². The van der Waals surface area contributed by atoms with Crippen LogP contribution in [-0.2, 0) is 4.79 Å². The van der Waals surface area contributed by atoms with Crippen LogP contribution in [0.5, 0.6) is 0 Å². The van der Waals surface area contributed by atoms with Gasteiger partial charge in [0.15, 0.2) is 4.32 Å². The van der Waals surface area contributed by atoms with Crippen LogP contribution in [0.1, 0.15) is 21.7 Å². The first-order chi connectivity index (χ1) is 14.8. The Morgan fingerprint density at radius 2 is 2.00 bits per heavy atom. The topological polar surface area (TPSA) is 82.8 Å². The van der Waals surface area contributed by atoms with E-state index in [1.165, 1.54) is 18.2 Å². The minimum Gasteiger partial charge on any atom is -0.478 e. The van der Waals surface area contributed by atoms with Crippen molar-refractivity contribution in [3.63, 3.8) is 0 Å². The number of aryl methyl sites for hydroxylation is 1. The van der Waals surface area contributed by atoms with E-state index >= 15 is 0 Å². The molecule has 1 fully saturated rings. The fourth-order valence-corrected chi connectivity index (χ4v) is 4.22. The van der Waals surface area contributed by atoms with Crippen LogP contribution in [-0.4, -0.2) is 26.3 Å². The smallest absolute Gasteiger partial charge is 0.337 e. The first-order valence-electron chi connectivity index (χ1n) is 9.07. The molecule has 2 N–H and O–H groups in total. The number of thioether (sulfide) groups is 1. The second-order valence-corrected chi connectivity index (χ2v) is 8.32. The lowest BCUT2D eigenvalue weighted by Crippen LogP contribution is -2.34. The molecule has 1 amide bonds. The lowest BCUT2D eigenvalue weighted by molar-refractivity contribution is -0.121. The number of carbonyl (C=O) groups excluding carboxylic acids is 1. The Bertz CT molecular complexity index is 1250. The van der Waals surface area contributed by atoms with Gasteiger partial charge in [-0.2, -0.15) is 0 Å². The highest BCUT2D eigenvalue weighted by Gasteiger charge is 2.33. The van der Waals surface area contributed by atoms with Crippen molar-refractivity contribution < 1.29 is 23.5 Å². The van der Waals surface area contributed by atoms with Gasteiger partial charge in [-0.25, -0.2) is 14.2 Å². The molecule has 1 aliphatic rings. The van der Waals surface area contributed by atoms with Crippen molar-refractivity contribution in [2.24, 2.45) is 0 Å². The van der Waals surface area contributed by atoms with E-state index < -0.39 is 11.9 Å². The van der Waals surface area contributed by atoms with Crippen LogP contribution < -0.4 is 5.43 Å². The van der Waals surface area contributed by atoms with E-state index in [-0.39, 0.29) is 21.4 Å². The molecule has 0 atom stereocenters. The highest BCUT2D eigenvalue weighted by molar-refractivity contribution is 8.26. The Hall–Kier alpha value is -3.43. The second kappa shape index (κ2) is 8.37. The number of amides is 1. The SMILES string of the molecule is Cc1cc(F)ccc1-c1ccc(/C=C2/SC(=S)N(Nc3ccccc3C(=O)O)C2=O)o1. The van der Waals surface area contributed by atoms with E-state index in [9.17, 15) is 19.1 Å². The van der Waals surface area contributed by atoms with Crippen molar-refractivity contribution in [2.45, 2.75) is 6.92 Å². The molecule has 6 nitrogen and oxygen atoms in total. The molecule has 2 aromatic carbocycles. The summed E-state index contributed by atoms with van der Waals surface area (Å²) in [7, 11) is 0. The summed E-state index contributed by atoms with van der Waals surface area (Å²) in [6.45, 7) is 1.78. The summed E-state index contributed by atoms with van der Waals surface area (Å²) in [6, 6.07) is 14.1. The Morgan fingerprint density at radius 3 is 2.74 bits per heavy atom. The average Bonchev–Trinajstić information content (AvgIpc) is 3.28. The Morgan fingerprint density at radius 1 is 1.23 bits per heavy atom. The summed E-state index contributed by atoms with van der Waals surface area (Å²) in [5, 5.41) is 10.4. The summed E-state index contributed by atoms with van der Waals surface area (Å²) in [5.74, 6) is -0.888. The van der Waals surface area contributed by atoms with Gasteiger partial charge in [-0.05, 0) is 67.2 Å². The number of carboxylic acid groups (broad SMARTS) is 1. The third kappa shape index (κ3) is 4.23. The van der Waals surface area contributed by atoms with Crippen LogP contribution in [0.25, 0.3) is 17.4 Å². The van der Waals surface area contributed by atoms with Gasteiger partial charge in [0.25, 0.3) is 5.91 Å². The van der Waals surface area contributed by atoms with E-state index in [1.807, 2.05) is 0 Å². The minimum atomic E-state index is -1.12. The predicted octanol–water partition coefficient (Wildman–Crippen LogP) is 5.32. The van der Waals surface area contributed by atoms with Crippen molar-refractivity contribution in [1.82, 2.24) is 5.01 Å². The third-order valence-electron chi connectivity index (χ3n) is 4.54. The number of hydrogen-bond donors (Lipinski definition) is 2. The minimum absolute atomic E-state index is 0.0193. The van der Waals surface area contributed by atoms with Gasteiger partial charge in [-0.15, -0.1) is 0 Å². The van der Waals surface area contributed by atoms with Gasteiger partial charge in [0.05, 0.1) is 16.2 Å². The van der Waals surface area contributed by atoms with Gasteiger partial charge in [0, 0.05) is 11.6 Å². The summed E-state index contributed by atoms with van der Waals surface area (Å²) in [5.41, 5.74) is 4.53.